The van der Waals surface area contributed by atoms with Gasteiger partial charge in [0.2, 0.25) is 15.7 Å². The molecule has 3 aromatic rings. The molecule has 2 aromatic carbocycles. The van der Waals surface area contributed by atoms with Crippen LogP contribution in [0.4, 0.5) is 5.69 Å². The molecule has 10 heteroatoms. The molecule has 0 aliphatic carbocycles. The topological polar surface area (TPSA) is 113 Å². The van der Waals surface area contributed by atoms with E-state index < -0.39 is 26.2 Å². The maximum atomic E-state index is 13.4. The predicted molar refractivity (Wildman–Crippen MR) is 131 cm³/mol. The summed E-state index contributed by atoms with van der Waals surface area (Å²) in [6.07, 6.45) is 0. The molecular weight excluding hydrogens is 472 g/mol. The Morgan fingerprint density at radius 3 is 2.23 bits per heavy atom. The van der Waals surface area contributed by atoms with Crippen molar-refractivity contribution in [2.24, 2.45) is 0 Å². The van der Waals surface area contributed by atoms with Crippen molar-refractivity contribution in [2.45, 2.75) is 37.1 Å². The molecule has 9 nitrogen and oxygen atoms in total. The molecule has 1 heterocycles. The number of rotatable bonds is 9. The normalized spacial score (nSPS) is 11.1. The maximum Gasteiger partial charge on any atom is 0.270 e. The lowest BCUT2D eigenvalue weighted by Crippen LogP contribution is -2.33. The summed E-state index contributed by atoms with van der Waals surface area (Å²) in [5.41, 5.74) is 0.486. The molecule has 0 aliphatic heterocycles. The summed E-state index contributed by atoms with van der Waals surface area (Å²) >= 11 is 0. The molecule has 0 bridgehead atoms. The summed E-state index contributed by atoms with van der Waals surface area (Å²) < 4.78 is 43.8. The van der Waals surface area contributed by atoms with Crippen molar-refractivity contribution in [2.75, 3.05) is 26.1 Å². The van der Waals surface area contributed by atoms with Gasteiger partial charge in [-0.3, -0.25) is 9.59 Å². The number of aromatic nitrogens is 1. The van der Waals surface area contributed by atoms with Gasteiger partial charge in [0.15, 0.2) is 11.5 Å². The highest BCUT2D eigenvalue weighted by Gasteiger charge is 2.27. The number of carbonyl (C=O) groups is 1. The van der Waals surface area contributed by atoms with Crippen LogP contribution < -0.4 is 25.1 Å². The Kier molecular flexibility index (Phi) is 7.85. The van der Waals surface area contributed by atoms with Crippen LogP contribution in [-0.2, 0) is 21.2 Å². The van der Waals surface area contributed by atoms with Crippen LogP contribution in [0.25, 0.3) is 0 Å². The van der Waals surface area contributed by atoms with Gasteiger partial charge in [-0.2, -0.15) is 0 Å². The number of sulfone groups is 1. The van der Waals surface area contributed by atoms with Crippen LogP contribution in [0.15, 0.2) is 63.1 Å². The summed E-state index contributed by atoms with van der Waals surface area (Å²) in [5.74, 6) is 0.766. The maximum absolute atomic E-state index is 13.4. The van der Waals surface area contributed by atoms with Crippen molar-refractivity contribution in [3.63, 3.8) is 0 Å². The van der Waals surface area contributed by atoms with Gasteiger partial charge in [-0.05, 0) is 68.8 Å². The van der Waals surface area contributed by atoms with Crippen molar-refractivity contribution in [3.05, 3.63) is 70.1 Å². The highest BCUT2D eigenvalue weighted by molar-refractivity contribution is 7.91. The van der Waals surface area contributed by atoms with Gasteiger partial charge in [-0.15, -0.1) is 0 Å². The van der Waals surface area contributed by atoms with E-state index in [-0.39, 0.29) is 22.8 Å². The summed E-state index contributed by atoms with van der Waals surface area (Å²) in [6, 6.07) is 12.5. The van der Waals surface area contributed by atoms with Crippen LogP contribution in [0.5, 0.6) is 17.2 Å². The number of nitrogens with zero attached hydrogens (tertiary/aromatic N) is 1. The predicted octanol–water partition coefficient (Wildman–Crippen LogP) is 3.35. The van der Waals surface area contributed by atoms with Gasteiger partial charge < -0.3 is 24.1 Å². The summed E-state index contributed by atoms with van der Waals surface area (Å²) in [7, 11) is -1.39. The van der Waals surface area contributed by atoms with Crippen molar-refractivity contribution >= 4 is 21.4 Å². The third-order valence-corrected chi connectivity index (χ3v) is 7.24. The van der Waals surface area contributed by atoms with E-state index in [1.807, 2.05) is 6.92 Å². The van der Waals surface area contributed by atoms with Gasteiger partial charge in [-0.25, -0.2) is 8.42 Å². The first-order chi connectivity index (χ1) is 16.6. The average Bonchev–Trinajstić information content (AvgIpc) is 2.82. The van der Waals surface area contributed by atoms with E-state index >= 15 is 0 Å². The van der Waals surface area contributed by atoms with E-state index in [1.165, 1.54) is 32.4 Å². The third-order valence-electron chi connectivity index (χ3n) is 5.33. The minimum Gasteiger partial charge on any atom is -0.494 e. The van der Waals surface area contributed by atoms with Gasteiger partial charge in [0.05, 0.1) is 25.7 Å². The molecule has 0 spiro atoms. The fraction of sp³-hybridized carbons (Fsp3) is 0.280. The summed E-state index contributed by atoms with van der Waals surface area (Å²) in [5, 5.41) is 2.71. The summed E-state index contributed by atoms with van der Waals surface area (Å²) in [4.78, 5) is 25.5. The Morgan fingerprint density at radius 2 is 1.63 bits per heavy atom. The molecule has 0 fully saturated rings. The van der Waals surface area contributed by atoms with Crippen molar-refractivity contribution < 1.29 is 27.4 Å². The Morgan fingerprint density at radius 1 is 0.971 bits per heavy atom. The highest BCUT2D eigenvalue weighted by Crippen LogP contribution is 2.32. The van der Waals surface area contributed by atoms with E-state index in [9.17, 15) is 18.0 Å². The number of aryl methyl sites for hydroxylation is 2. The van der Waals surface area contributed by atoms with Crippen LogP contribution in [0.3, 0.4) is 0 Å². The molecule has 0 radical (unpaired) electrons. The third kappa shape index (κ3) is 5.48. The second-order valence-corrected chi connectivity index (χ2v) is 9.60. The number of anilines is 1. The van der Waals surface area contributed by atoms with Crippen molar-refractivity contribution in [1.82, 2.24) is 4.57 Å². The largest absolute Gasteiger partial charge is 0.494 e. The SMILES string of the molecule is CCOc1ccc(NC(=O)Cn2c(C)cc(C)c(S(=O)(=O)c3ccc(OC)c(OC)c3)c2=O)cc1. The molecular formula is C25H28N2O7S. The Labute approximate surface area is 204 Å². The molecule has 3 rings (SSSR count). The van der Waals surface area contributed by atoms with Gasteiger partial charge in [0, 0.05) is 17.4 Å². The zero-order valence-electron chi connectivity index (χ0n) is 20.2. The van der Waals surface area contributed by atoms with E-state index in [0.717, 1.165) is 4.57 Å². The average molecular weight is 501 g/mol. The number of methoxy groups -OCH3 is 2. The zero-order valence-corrected chi connectivity index (χ0v) is 21.1. The number of amides is 1. The van der Waals surface area contributed by atoms with Gasteiger partial charge in [0.1, 0.15) is 17.2 Å². The number of ether oxygens (including phenoxy) is 3. The Bertz CT molecular complexity index is 1390. The standard InChI is InChI=1S/C25H28N2O7S/c1-6-34-19-9-7-18(8-10-19)26-23(28)15-27-17(3)13-16(2)24(25(27)29)35(30,31)20-11-12-21(32-4)22(14-20)33-5/h7-14H,6,15H2,1-5H3,(H,26,28). The van der Waals surface area contributed by atoms with Gasteiger partial charge >= 0.3 is 0 Å². The second-order valence-electron chi connectivity index (χ2n) is 7.71. The summed E-state index contributed by atoms with van der Waals surface area (Å²) in [6.45, 7) is 5.23. The minimum atomic E-state index is -4.22. The van der Waals surface area contributed by atoms with Crippen molar-refractivity contribution in [1.29, 1.82) is 0 Å². The molecule has 0 atom stereocenters. The van der Waals surface area contributed by atoms with Crippen LogP contribution in [-0.4, -0.2) is 39.7 Å². The monoisotopic (exact) mass is 500 g/mol. The highest BCUT2D eigenvalue weighted by atomic mass is 32.2. The zero-order chi connectivity index (χ0) is 25.8. The van der Waals surface area contributed by atoms with Crippen LogP contribution >= 0.6 is 0 Å². The minimum absolute atomic E-state index is 0.121. The first kappa shape index (κ1) is 25.8. The fourth-order valence-corrected chi connectivity index (χ4v) is 5.25. The molecule has 1 amide bonds. The smallest absolute Gasteiger partial charge is 0.270 e. The van der Waals surface area contributed by atoms with Gasteiger partial charge in [-0.1, -0.05) is 0 Å². The lowest BCUT2D eigenvalue weighted by atomic mass is 10.2. The van der Waals surface area contributed by atoms with Crippen LogP contribution in [0.2, 0.25) is 0 Å². The molecule has 1 aromatic heterocycles. The van der Waals surface area contributed by atoms with Gasteiger partial charge in [0.25, 0.3) is 5.56 Å². The molecule has 0 saturated heterocycles. The molecule has 0 saturated carbocycles. The first-order valence-corrected chi connectivity index (χ1v) is 12.3. The Hall–Kier alpha value is -3.79. The fourth-order valence-electron chi connectivity index (χ4n) is 3.68. The van der Waals surface area contributed by atoms with Crippen LogP contribution in [0.1, 0.15) is 18.2 Å². The number of pyridine rings is 1. The van der Waals surface area contributed by atoms with E-state index in [2.05, 4.69) is 5.32 Å². The van der Waals surface area contributed by atoms with E-state index in [1.54, 1.807) is 44.2 Å². The van der Waals surface area contributed by atoms with Crippen molar-refractivity contribution in [3.8, 4) is 17.2 Å². The second kappa shape index (κ2) is 10.6. The molecule has 0 unspecified atom stereocenters. The molecule has 186 valence electrons. The number of hydrogen-bond donors (Lipinski definition) is 1. The molecule has 0 aliphatic rings. The molecule has 1 N–H and O–H groups in total. The lowest BCUT2D eigenvalue weighted by molar-refractivity contribution is -0.116. The lowest BCUT2D eigenvalue weighted by Gasteiger charge is -2.16. The van der Waals surface area contributed by atoms with Crippen LogP contribution in [0, 0.1) is 13.8 Å². The van der Waals surface area contributed by atoms with E-state index in [0.29, 0.717) is 29.5 Å². The quantitative estimate of drug-likeness (QED) is 0.479. The number of benzene rings is 2. The number of hydrogen-bond acceptors (Lipinski definition) is 7. The molecule has 35 heavy (non-hydrogen) atoms. The number of carbonyl (C=O) groups excluding carboxylic acids is 1. The van der Waals surface area contributed by atoms with E-state index in [4.69, 9.17) is 14.2 Å². The Balaban J connectivity index is 1.95. The first-order valence-electron chi connectivity index (χ1n) is 10.8. The number of nitrogens with one attached hydrogen (secondary N) is 1.